The lowest BCUT2D eigenvalue weighted by Gasteiger charge is -2.38. The Kier molecular flexibility index (Phi) is 8.53. The molecule has 1 unspecified atom stereocenters. The molecular formula is C19H33NO4. The summed E-state index contributed by atoms with van der Waals surface area (Å²) in [6.07, 6.45) is 3.90. The molecule has 5 atom stereocenters. The lowest BCUT2D eigenvalue weighted by atomic mass is 9.70. The van der Waals surface area contributed by atoms with Crippen LogP contribution in [0, 0.1) is 17.8 Å². The molecule has 0 aliphatic heterocycles. The molecule has 1 aliphatic rings. The number of aliphatic hydroxyl groups excluding tert-OH is 3. The van der Waals surface area contributed by atoms with Crippen LogP contribution in [0.1, 0.15) is 40.0 Å². The van der Waals surface area contributed by atoms with Gasteiger partial charge < -0.3 is 25.8 Å². The first kappa shape index (κ1) is 20.7. The normalized spacial score (nSPS) is 27.3. The second-order valence-corrected chi connectivity index (χ2v) is 7.12. The van der Waals surface area contributed by atoms with Crippen molar-refractivity contribution in [3.8, 4) is 0 Å². The van der Waals surface area contributed by atoms with Crippen LogP contribution in [0.25, 0.3) is 0 Å². The van der Waals surface area contributed by atoms with E-state index in [1.807, 2.05) is 13.8 Å². The molecule has 138 valence electrons. The van der Waals surface area contributed by atoms with Crippen molar-refractivity contribution in [1.82, 2.24) is 0 Å². The first-order valence-electron chi connectivity index (χ1n) is 8.61. The number of ether oxygens (including phenoxy) is 1. The van der Waals surface area contributed by atoms with Crippen molar-refractivity contribution in [2.24, 2.45) is 23.5 Å². The highest BCUT2D eigenvalue weighted by molar-refractivity contribution is 5.13. The Morgan fingerprint density at radius 2 is 2.17 bits per heavy atom. The van der Waals surface area contributed by atoms with Crippen LogP contribution in [0.4, 0.5) is 0 Å². The van der Waals surface area contributed by atoms with E-state index >= 15 is 0 Å². The van der Waals surface area contributed by atoms with Crippen molar-refractivity contribution in [3.63, 3.8) is 0 Å². The molecule has 0 fully saturated rings. The SMILES string of the molecule is C=C(C)CCO/C=C(\N)C[C@@H]1C=C(C)CC([C@H](O)[C@H](O)CO)[C@@H]1C. The molecule has 5 heteroatoms. The van der Waals surface area contributed by atoms with Crippen LogP contribution in [0.15, 0.2) is 35.8 Å². The van der Waals surface area contributed by atoms with E-state index < -0.39 is 18.8 Å². The van der Waals surface area contributed by atoms with Gasteiger partial charge in [-0.2, -0.15) is 0 Å². The molecule has 0 aromatic carbocycles. The van der Waals surface area contributed by atoms with Gasteiger partial charge in [-0.25, -0.2) is 0 Å². The smallest absolute Gasteiger partial charge is 0.103 e. The van der Waals surface area contributed by atoms with Crippen LogP contribution in [0.5, 0.6) is 0 Å². The zero-order valence-corrected chi connectivity index (χ0v) is 15.1. The van der Waals surface area contributed by atoms with E-state index in [0.717, 1.165) is 12.0 Å². The van der Waals surface area contributed by atoms with Crippen molar-refractivity contribution >= 4 is 0 Å². The molecule has 0 aromatic heterocycles. The summed E-state index contributed by atoms with van der Waals surface area (Å²) in [6, 6.07) is 0. The molecule has 0 radical (unpaired) electrons. The third-order valence-corrected chi connectivity index (χ3v) is 4.78. The first-order valence-corrected chi connectivity index (χ1v) is 8.61. The van der Waals surface area contributed by atoms with Gasteiger partial charge in [-0.05, 0) is 44.4 Å². The zero-order valence-electron chi connectivity index (χ0n) is 15.1. The number of allylic oxidation sites excluding steroid dienone is 3. The molecule has 1 rings (SSSR count). The largest absolute Gasteiger partial charge is 0.499 e. The molecule has 0 aromatic rings. The molecule has 5 nitrogen and oxygen atoms in total. The van der Waals surface area contributed by atoms with Crippen molar-refractivity contribution in [3.05, 3.63) is 35.8 Å². The summed E-state index contributed by atoms with van der Waals surface area (Å²) >= 11 is 0. The van der Waals surface area contributed by atoms with E-state index in [9.17, 15) is 10.2 Å². The fourth-order valence-electron chi connectivity index (χ4n) is 3.25. The van der Waals surface area contributed by atoms with E-state index in [1.54, 1.807) is 6.26 Å². The zero-order chi connectivity index (χ0) is 18.3. The minimum atomic E-state index is -1.11. The second-order valence-electron chi connectivity index (χ2n) is 7.12. The lowest BCUT2D eigenvalue weighted by molar-refractivity contribution is -0.0607. The van der Waals surface area contributed by atoms with Crippen LogP contribution >= 0.6 is 0 Å². The quantitative estimate of drug-likeness (QED) is 0.293. The van der Waals surface area contributed by atoms with Crippen molar-refractivity contribution < 1.29 is 20.1 Å². The van der Waals surface area contributed by atoms with Gasteiger partial charge in [0.2, 0.25) is 0 Å². The molecule has 0 amide bonds. The number of rotatable bonds is 9. The highest BCUT2D eigenvalue weighted by Gasteiger charge is 2.36. The first-order chi connectivity index (χ1) is 11.3. The van der Waals surface area contributed by atoms with Crippen molar-refractivity contribution in [2.45, 2.75) is 52.2 Å². The standard InChI is InChI=1S/C19H33NO4/c1-12(2)5-6-24-11-16(20)9-15-7-13(3)8-17(14(15)4)19(23)18(22)10-21/h7,11,14-15,17-19,21-23H,1,5-6,8-10,20H2,2-4H3/b16-11-/t14-,15+,17?,18-,19+/m1/s1. The third-order valence-electron chi connectivity index (χ3n) is 4.78. The van der Waals surface area contributed by atoms with Crippen molar-refractivity contribution in [2.75, 3.05) is 13.2 Å². The van der Waals surface area contributed by atoms with Crippen LogP contribution in [0.3, 0.4) is 0 Å². The Hall–Kier alpha value is -1.30. The Bertz CT molecular complexity index is 472. The molecular weight excluding hydrogens is 306 g/mol. The average molecular weight is 339 g/mol. The van der Waals surface area contributed by atoms with Gasteiger partial charge in [-0.15, -0.1) is 6.58 Å². The molecule has 0 bridgehead atoms. The van der Waals surface area contributed by atoms with Gasteiger partial charge in [-0.3, -0.25) is 0 Å². The summed E-state index contributed by atoms with van der Waals surface area (Å²) < 4.78 is 5.45. The number of hydrogen-bond acceptors (Lipinski definition) is 5. The molecule has 0 saturated carbocycles. The molecule has 0 heterocycles. The molecule has 5 N–H and O–H groups in total. The maximum atomic E-state index is 10.3. The summed E-state index contributed by atoms with van der Waals surface area (Å²) in [5.41, 5.74) is 8.97. The number of aliphatic hydroxyl groups is 3. The lowest BCUT2D eigenvalue weighted by Crippen LogP contribution is -2.42. The van der Waals surface area contributed by atoms with Crippen LogP contribution in [0.2, 0.25) is 0 Å². The maximum Gasteiger partial charge on any atom is 0.103 e. The van der Waals surface area contributed by atoms with Gasteiger partial charge in [-0.1, -0.05) is 24.1 Å². The monoisotopic (exact) mass is 339 g/mol. The summed E-state index contributed by atoms with van der Waals surface area (Å²) in [5.74, 6) is 0.219. The van der Waals surface area contributed by atoms with Gasteiger partial charge in [0, 0.05) is 12.1 Å². The number of nitrogens with two attached hydrogens (primary N) is 1. The van der Waals surface area contributed by atoms with E-state index in [4.69, 9.17) is 15.6 Å². The molecule has 0 saturated heterocycles. The predicted octanol–water partition coefficient (Wildman–Crippen LogP) is 2.09. The Labute approximate surface area is 145 Å². The van der Waals surface area contributed by atoms with Gasteiger partial charge >= 0.3 is 0 Å². The summed E-state index contributed by atoms with van der Waals surface area (Å²) in [5, 5.41) is 29.1. The van der Waals surface area contributed by atoms with Crippen LogP contribution in [-0.2, 0) is 4.74 Å². The van der Waals surface area contributed by atoms with Gasteiger partial charge in [0.05, 0.1) is 19.3 Å². The predicted molar refractivity (Wildman–Crippen MR) is 95.9 cm³/mol. The molecule has 0 spiro atoms. The van der Waals surface area contributed by atoms with Gasteiger partial charge in [0.1, 0.15) is 12.4 Å². The number of hydrogen-bond donors (Lipinski definition) is 4. The topological polar surface area (TPSA) is 95.9 Å². The van der Waals surface area contributed by atoms with E-state index in [1.165, 1.54) is 5.57 Å². The Morgan fingerprint density at radius 1 is 1.50 bits per heavy atom. The highest BCUT2D eigenvalue weighted by Crippen LogP contribution is 2.38. The van der Waals surface area contributed by atoms with E-state index in [2.05, 4.69) is 19.6 Å². The highest BCUT2D eigenvalue weighted by atomic mass is 16.5. The summed E-state index contributed by atoms with van der Waals surface area (Å²) in [4.78, 5) is 0. The fourth-order valence-corrected chi connectivity index (χ4v) is 3.25. The minimum Gasteiger partial charge on any atom is -0.499 e. The molecule has 24 heavy (non-hydrogen) atoms. The molecule has 1 aliphatic carbocycles. The van der Waals surface area contributed by atoms with E-state index in [-0.39, 0.29) is 17.8 Å². The third kappa shape index (κ3) is 6.30. The van der Waals surface area contributed by atoms with Crippen molar-refractivity contribution in [1.29, 1.82) is 0 Å². The van der Waals surface area contributed by atoms with Gasteiger partial charge in [0.25, 0.3) is 0 Å². The minimum absolute atomic E-state index is 0.0979. The summed E-state index contributed by atoms with van der Waals surface area (Å²) in [6.45, 7) is 9.99. The van der Waals surface area contributed by atoms with Crippen LogP contribution < -0.4 is 5.73 Å². The van der Waals surface area contributed by atoms with Crippen LogP contribution in [-0.4, -0.2) is 40.7 Å². The Morgan fingerprint density at radius 3 is 2.75 bits per heavy atom. The summed E-state index contributed by atoms with van der Waals surface area (Å²) in [7, 11) is 0. The van der Waals surface area contributed by atoms with E-state index in [0.29, 0.717) is 25.1 Å². The average Bonchev–Trinajstić information content (AvgIpc) is 2.53. The maximum absolute atomic E-state index is 10.3. The van der Waals surface area contributed by atoms with Gasteiger partial charge in [0.15, 0.2) is 0 Å². The Balaban J connectivity index is 2.67. The second kappa shape index (κ2) is 9.87. The fraction of sp³-hybridized carbons (Fsp3) is 0.684.